The van der Waals surface area contributed by atoms with Crippen molar-refractivity contribution < 1.29 is 9.53 Å². The van der Waals surface area contributed by atoms with Gasteiger partial charge in [0.25, 0.3) is 0 Å². The molecular weight excluding hydrogens is 338 g/mol. The van der Waals surface area contributed by atoms with E-state index in [0.29, 0.717) is 22.6 Å². The van der Waals surface area contributed by atoms with E-state index in [2.05, 4.69) is 55.4 Å². The van der Waals surface area contributed by atoms with Gasteiger partial charge in [0.1, 0.15) is 5.40 Å². The van der Waals surface area contributed by atoms with Crippen LogP contribution < -0.4 is 0 Å². The first kappa shape index (κ1) is 21.8. The summed E-state index contributed by atoms with van der Waals surface area (Å²) in [6.07, 6.45) is 0. The fourth-order valence-corrected chi connectivity index (χ4v) is 17.9. The maximum absolute atomic E-state index is 12.7. The van der Waals surface area contributed by atoms with Crippen LogP contribution in [-0.4, -0.2) is 41.1 Å². The SMILES string of the molecule is COC(=O)C(P(=S)(C(C)C)C(C)C)P(=S)(C(C)C)C(C)C. The van der Waals surface area contributed by atoms with E-state index < -0.39 is 12.1 Å². The zero-order chi connectivity index (χ0) is 17.2. The monoisotopic (exact) mass is 370 g/mol. The predicted octanol–water partition coefficient (Wildman–Crippen LogP) is 5.08. The van der Waals surface area contributed by atoms with Crippen LogP contribution in [0.1, 0.15) is 55.4 Å². The van der Waals surface area contributed by atoms with Crippen molar-refractivity contribution in [2.75, 3.05) is 7.11 Å². The second kappa shape index (κ2) is 8.04. The Morgan fingerprint density at radius 1 is 0.762 bits per heavy atom. The molecule has 0 rings (SSSR count). The van der Waals surface area contributed by atoms with Crippen molar-refractivity contribution >= 4 is 41.7 Å². The Bertz CT molecular complexity index is 399. The molecule has 0 atom stereocenters. The van der Waals surface area contributed by atoms with E-state index in [1.54, 1.807) is 0 Å². The van der Waals surface area contributed by atoms with E-state index in [1.165, 1.54) is 7.11 Å². The summed E-state index contributed by atoms with van der Waals surface area (Å²) in [5.74, 6) is -0.161. The van der Waals surface area contributed by atoms with Crippen LogP contribution in [-0.2, 0) is 33.1 Å². The molecule has 21 heavy (non-hydrogen) atoms. The van der Waals surface area contributed by atoms with Crippen molar-refractivity contribution in [2.24, 2.45) is 0 Å². The molecule has 0 saturated carbocycles. The fraction of sp³-hybridized carbons (Fsp3) is 0.933. The molecule has 0 radical (unpaired) electrons. The maximum Gasteiger partial charge on any atom is 0.319 e. The molecule has 2 nitrogen and oxygen atoms in total. The average molecular weight is 371 g/mol. The van der Waals surface area contributed by atoms with Gasteiger partial charge in [-0.1, -0.05) is 79.0 Å². The first-order valence-electron chi connectivity index (χ1n) is 7.64. The maximum atomic E-state index is 12.7. The van der Waals surface area contributed by atoms with Crippen LogP contribution in [0, 0.1) is 0 Å². The second-order valence-corrected chi connectivity index (χ2v) is 19.2. The zero-order valence-corrected chi connectivity index (χ0v) is 18.3. The van der Waals surface area contributed by atoms with E-state index in [1.807, 2.05) is 0 Å². The molecule has 0 saturated heterocycles. The molecule has 0 aliphatic rings. The van der Waals surface area contributed by atoms with Crippen molar-refractivity contribution in [3.63, 3.8) is 0 Å². The quantitative estimate of drug-likeness (QED) is 0.461. The van der Waals surface area contributed by atoms with E-state index in [-0.39, 0.29) is 11.4 Å². The average Bonchev–Trinajstić information content (AvgIpc) is 2.36. The highest BCUT2D eigenvalue weighted by Gasteiger charge is 2.50. The van der Waals surface area contributed by atoms with Gasteiger partial charge in [0.15, 0.2) is 0 Å². The van der Waals surface area contributed by atoms with Gasteiger partial charge in [-0.2, -0.15) is 0 Å². The lowest BCUT2D eigenvalue weighted by atomic mass is 10.5. The van der Waals surface area contributed by atoms with Crippen LogP contribution in [0.4, 0.5) is 0 Å². The molecule has 0 aromatic heterocycles. The predicted molar refractivity (Wildman–Crippen MR) is 105 cm³/mol. The number of hydrogen-bond acceptors (Lipinski definition) is 4. The first-order valence-corrected chi connectivity index (χ1v) is 13.7. The number of rotatable bonds is 7. The molecule has 126 valence electrons. The van der Waals surface area contributed by atoms with Crippen molar-refractivity contribution in [3.05, 3.63) is 0 Å². The first-order chi connectivity index (χ1) is 9.38. The topological polar surface area (TPSA) is 26.3 Å². The third-order valence-corrected chi connectivity index (χ3v) is 22.4. The largest absolute Gasteiger partial charge is 0.468 e. The Hall–Kier alpha value is 0.770. The van der Waals surface area contributed by atoms with E-state index in [9.17, 15) is 4.79 Å². The Morgan fingerprint density at radius 2 is 1.00 bits per heavy atom. The molecule has 0 heterocycles. The van der Waals surface area contributed by atoms with Crippen molar-refractivity contribution in [1.82, 2.24) is 0 Å². The fourth-order valence-electron chi connectivity index (χ4n) is 3.04. The standard InChI is InChI=1S/C15H32O2P2S2/c1-10(2)18(20,11(3)4)15(14(16)17-9)19(21,12(5)6)13(7)8/h10-13,15H,1-9H3. The van der Waals surface area contributed by atoms with Gasteiger partial charge in [-0.3, -0.25) is 4.79 Å². The summed E-state index contributed by atoms with van der Waals surface area (Å²) in [7, 11) is 1.47. The molecule has 0 aromatic rings. The van der Waals surface area contributed by atoms with E-state index in [4.69, 9.17) is 28.4 Å². The van der Waals surface area contributed by atoms with Gasteiger partial charge in [-0.25, -0.2) is 0 Å². The van der Waals surface area contributed by atoms with Crippen LogP contribution in [0.15, 0.2) is 0 Å². The molecule has 0 N–H and O–H groups in total. The molecule has 0 aliphatic carbocycles. The molecule has 6 heteroatoms. The molecule has 0 unspecified atom stereocenters. The van der Waals surface area contributed by atoms with Crippen molar-refractivity contribution in [1.29, 1.82) is 0 Å². The lowest BCUT2D eigenvalue weighted by molar-refractivity contribution is -0.138. The van der Waals surface area contributed by atoms with Crippen LogP contribution in [0.3, 0.4) is 0 Å². The summed E-state index contributed by atoms with van der Waals surface area (Å²) in [6, 6.07) is -3.94. The minimum absolute atomic E-state index is 0.161. The molecular formula is C15H32O2P2S2. The number of carbonyl (C=O) groups excluding carboxylic acids is 1. The number of ether oxygens (including phenoxy) is 1. The zero-order valence-electron chi connectivity index (χ0n) is 14.9. The summed E-state index contributed by atoms with van der Waals surface area (Å²) < 4.78 is 5.19. The van der Waals surface area contributed by atoms with Gasteiger partial charge in [-0.05, 0) is 34.7 Å². The van der Waals surface area contributed by atoms with Gasteiger partial charge < -0.3 is 4.74 Å². The third kappa shape index (κ3) is 4.00. The normalized spacial score (nSPS) is 13.8. The minimum Gasteiger partial charge on any atom is -0.468 e. The summed E-state index contributed by atoms with van der Waals surface area (Å²) in [4.78, 5) is 12.7. The number of methoxy groups -OCH3 is 1. The summed E-state index contributed by atoms with van der Waals surface area (Å²) in [5, 5.41) is -0.250. The van der Waals surface area contributed by atoms with Crippen LogP contribution >= 0.6 is 12.1 Å². The van der Waals surface area contributed by atoms with Gasteiger partial charge in [0.2, 0.25) is 0 Å². The van der Waals surface area contributed by atoms with Crippen LogP contribution in [0.25, 0.3) is 0 Å². The van der Waals surface area contributed by atoms with Gasteiger partial charge in [0, 0.05) is 0 Å². The van der Waals surface area contributed by atoms with E-state index >= 15 is 0 Å². The molecule has 0 spiro atoms. The third-order valence-electron chi connectivity index (χ3n) is 4.40. The summed E-state index contributed by atoms with van der Waals surface area (Å²) in [6.45, 7) is 17.2. The summed E-state index contributed by atoms with van der Waals surface area (Å²) in [5.41, 5.74) is 1.21. The highest BCUT2D eigenvalue weighted by molar-refractivity contribution is 8.26. The number of hydrogen-bond donors (Lipinski definition) is 0. The minimum atomic E-state index is -1.97. The second-order valence-electron chi connectivity index (χ2n) is 6.80. The molecule has 0 amide bonds. The smallest absolute Gasteiger partial charge is 0.319 e. The van der Waals surface area contributed by atoms with Gasteiger partial charge in [-0.15, -0.1) is 0 Å². The Balaban J connectivity index is 6.45. The van der Waals surface area contributed by atoms with Crippen LogP contribution in [0.5, 0.6) is 0 Å². The molecule has 0 aromatic carbocycles. The van der Waals surface area contributed by atoms with Gasteiger partial charge in [0.05, 0.1) is 7.11 Å². The van der Waals surface area contributed by atoms with Crippen LogP contribution in [0.2, 0.25) is 0 Å². The van der Waals surface area contributed by atoms with Crippen molar-refractivity contribution in [2.45, 2.75) is 83.4 Å². The molecule has 0 aliphatic heterocycles. The van der Waals surface area contributed by atoms with Crippen molar-refractivity contribution in [3.8, 4) is 0 Å². The number of esters is 1. The highest BCUT2D eigenvalue weighted by atomic mass is 32.5. The van der Waals surface area contributed by atoms with Gasteiger partial charge >= 0.3 is 5.97 Å². The Labute approximate surface area is 141 Å². The lowest BCUT2D eigenvalue weighted by Gasteiger charge is -2.45. The Kier molecular flexibility index (Phi) is 8.34. The summed E-state index contributed by atoms with van der Waals surface area (Å²) >= 11 is 12.3. The highest BCUT2D eigenvalue weighted by Crippen LogP contribution is 2.76. The lowest BCUT2D eigenvalue weighted by Crippen LogP contribution is -2.34. The molecule has 0 fully saturated rings. The Morgan fingerprint density at radius 3 is 1.14 bits per heavy atom. The molecule has 0 bridgehead atoms. The number of carbonyl (C=O) groups is 1. The van der Waals surface area contributed by atoms with E-state index in [0.717, 1.165) is 0 Å².